The van der Waals surface area contributed by atoms with Crippen molar-refractivity contribution in [2.45, 2.75) is 51.5 Å². The van der Waals surface area contributed by atoms with E-state index in [-0.39, 0.29) is 48.0 Å². The lowest BCUT2D eigenvalue weighted by molar-refractivity contribution is -0.143. The minimum absolute atomic E-state index is 0.0458. The molecule has 3 atom stereocenters. The number of benzene rings is 1. The fourth-order valence-electron chi connectivity index (χ4n) is 4.70. The van der Waals surface area contributed by atoms with Crippen LogP contribution in [0.4, 0.5) is 10.1 Å². The molecule has 0 N–H and O–H groups in total. The van der Waals surface area contributed by atoms with Gasteiger partial charge in [-0.15, -0.1) is 0 Å². The zero-order valence-electron chi connectivity index (χ0n) is 14.9. The number of imide groups is 1. The molecule has 1 aliphatic carbocycles. The van der Waals surface area contributed by atoms with Crippen molar-refractivity contribution < 1.29 is 18.8 Å². The van der Waals surface area contributed by atoms with Crippen molar-refractivity contribution in [1.82, 2.24) is 4.90 Å². The van der Waals surface area contributed by atoms with Gasteiger partial charge in [-0.1, -0.05) is 12.8 Å². The molecule has 1 saturated carbocycles. The number of likely N-dealkylation sites (tertiary alicyclic amines) is 1. The van der Waals surface area contributed by atoms with Crippen molar-refractivity contribution in [3.63, 3.8) is 0 Å². The summed E-state index contributed by atoms with van der Waals surface area (Å²) in [4.78, 5) is 41.0. The predicted molar refractivity (Wildman–Crippen MR) is 93.8 cm³/mol. The molecule has 4 rings (SSSR count). The molecule has 1 aromatic carbocycles. The molecule has 2 aliphatic heterocycles. The van der Waals surface area contributed by atoms with Gasteiger partial charge in [-0.05, 0) is 56.4 Å². The van der Waals surface area contributed by atoms with Gasteiger partial charge in [-0.2, -0.15) is 0 Å². The highest BCUT2D eigenvalue weighted by Crippen LogP contribution is 2.38. The fraction of sp³-hybridized carbons (Fsp3) is 0.550. The highest BCUT2D eigenvalue weighted by Gasteiger charge is 2.49. The van der Waals surface area contributed by atoms with E-state index in [0.29, 0.717) is 12.1 Å². The Morgan fingerprint density at radius 2 is 1.77 bits per heavy atom. The molecule has 0 bridgehead atoms. The van der Waals surface area contributed by atoms with Crippen molar-refractivity contribution in [2.75, 3.05) is 11.4 Å². The SMILES string of the molecule is C[C@@H]1CCc2cc(F)ccc2N1C(=O)CN1C(=O)[C@H]2CCCC[C@H]2C1=O. The van der Waals surface area contributed by atoms with Crippen LogP contribution in [0.5, 0.6) is 0 Å². The molecule has 138 valence electrons. The first-order chi connectivity index (χ1) is 12.5. The lowest BCUT2D eigenvalue weighted by Crippen LogP contribution is -2.48. The molecule has 6 heteroatoms. The Labute approximate surface area is 152 Å². The zero-order valence-corrected chi connectivity index (χ0v) is 14.9. The van der Waals surface area contributed by atoms with Crippen molar-refractivity contribution >= 4 is 23.4 Å². The maximum absolute atomic E-state index is 13.5. The second-order valence-corrected chi connectivity index (χ2v) is 7.68. The minimum Gasteiger partial charge on any atom is -0.308 e. The van der Waals surface area contributed by atoms with Crippen LogP contribution in [0.1, 0.15) is 44.6 Å². The molecule has 1 saturated heterocycles. The molecule has 5 nitrogen and oxygen atoms in total. The summed E-state index contributed by atoms with van der Waals surface area (Å²) in [5, 5.41) is 0. The van der Waals surface area contributed by atoms with Gasteiger partial charge < -0.3 is 4.90 Å². The number of hydrogen-bond acceptors (Lipinski definition) is 3. The topological polar surface area (TPSA) is 57.7 Å². The second-order valence-electron chi connectivity index (χ2n) is 7.68. The molecule has 2 heterocycles. The van der Waals surface area contributed by atoms with Crippen LogP contribution in [0.3, 0.4) is 0 Å². The molecular weight excluding hydrogens is 335 g/mol. The van der Waals surface area contributed by atoms with E-state index in [9.17, 15) is 18.8 Å². The number of hydrogen-bond donors (Lipinski definition) is 0. The maximum Gasteiger partial charge on any atom is 0.247 e. The molecule has 3 amide bonds. The van der Waals surface area contributed by atoms with Crippen LogP contribution in [-0.2, 0) is 20.8 Å². The molecule has 0 radical (unpaired) electrons. The van der Waals surface area contributed by atoms with Crippen molar-refractivity contribution in [3.05, 3.63) is 29.6 Å². The quantitative estimate of drug-likeness (QED) is 0.764. The van der Waals surface area contributed by atoms with Crippen LogP contribution >= 0.6 is 0 Å². The molecule has 0 spiro atoms. The van der Waals surface area contributed by atoms with Gasteiger partial charge in [0.15, 0.2) is 0 Å². The smallest absolute Gasteiger partial charge is 0.247 e. The Bertz CT molecular complexity index is 754. The number of aryl methyl sites for hydroxylation is 1. The normalized spacial score (nSPS) is 28.2. The van der Waals surface area contributed by atoms with Crippen LogP contribution in [-0.4, -0.2) is 35.2 Å². The van der Waals surface area contributed by atoms with Crippen LogP contribution in [0.25, 0.3) is 0 Å². The Hall–Kier alpha value is -2.24. The maximum atomic E-state index is 13.5. The largest absolute Gasteiger partial charge is 0.308 e. The van der Waals surface area contributed by atoms with Crippen LogP contribution in [0.2, 0.25) is 0 Å². The number of halogens is 1. The summed E-state index contributed by atoms with van der Waals surface area (Å²) < 4.78 is 13.5. The summed E-state index contributed by atoms with van der Waals surface area (Å²) in [6.07, 6.45) is 4.84. The van der Waals surface area contributed by atoms with Crippen LogP contribution in [0, 0.1) is 17.7 Å². The lowest BCUT2D eigenvalue weighted by Gasteiger charge is -2.36. The fourth-order valence-corrected chi connectivity index (χ4v) is 4.70. The van der Waals surface area contributed by atoms with Crippen molar-refractivity contribution in [3.8, 4) is 0 Å². The number of fused-ring (bicyclic) bond motifs is 2. The summed E-state index contributed by atoms with van der Waals surface area (Å²) in [6.45, 7) is 1.73. The first kappa shape index (κ1) is 17.2. The third kappa shape index (κ3) is 2.72. The summed E-state index contributed by atoms with van der Waals surface area (Å²) in [7, 11) is 0. The van der Waals surface area contributed by atoms with Crippen LogP contribution in [0.15, 0.2) is 18.2 Å². The molecule has 26 heavy (non-hydrogen) atoms. The lowest BCUT2D eigenvalue weighted by atomic mass is 9.81. The van der Waals surface area contributed by atoms with Crippen molar-refractivity contribution in [1.29, 1.82) is 0 Å². The first-order valence-corrected chi connectivity index (χ1v) is 9.43. The molecular formula is C20H23FN2O3. The summed E-state index contributed by atoms with van der Waals surface area (Å²) in [5.74, 6) is -1.48. The van der Waals surface area contributed by atoms with E-state index < -0.39 is 0 Å². The van der Waals surface area contributed by atoms with Gasteiger partial charge in [0.1, 0.15) is 12.4 Å². The van der Waals surface area contributed by atoms with Gasteiger partial charge in [0.05, 0.1) is 11.8 Å². The number of carbonyl (C=O) groups is 3. The van der Waals surface area contributed by atoms with E-state index in [0.717, 1.165) is 42.6 Å². The molecule has 2 fully saturated rings. The van der Waals surface area contributed by atoms with Crippen LogP contribution < -0.4 is 4.90 Å². The van der Waals surface area contributed by atoms with E-state index in [1.165, 1.54) is 12.1 Å². The third-order valence-electron chi connectivity index (χ3n) is 6.07. The summed E-state index contributed by atoms with van der Waals surface area (Å²) >= 11 is 0. The van der Waals surface area contributed by atoms with Gasteiger partial charge in [0.25, 0.3) is 0 Å². The number of rotatable bonds is 2. The Kier molecular flexibility index (Phi) is 4.29. The van der Waals surface area contributed by atoms with Gasteiger partial charge in [-0.3, -0.25) is 19.3 Å². The highest BCUT2D eigenvalue weighted by molar-refractivity contribution is 6.09. The second kappa shape index (κ2) is 6.49. The predicted octanol–water partition coefficient (Wildman–Crippen LogP) is 2.67. The van der Waals surface area contributed by atoms with E-state index in [4.69, 9.17) is 0 Å². The highest BCUT2D eigenvalue weighted by atomic mass is 19.1. The van der Waals surface area contributed by atoms with E-state index in [1.54, 1.807) is 11.0 Å². The standard InChI is InChI=1S/C20H23FN2O3/c1-12-6-7-13-10-14(21)8-9-17(13)23(12)18(24)11-22-19(25)15-4-2-3-5-16(15)20(22)26/h8-10,12,15-16H,2-7,11H2,1H3/t12-,15-,16+/m1/s1. The van der Waals surface area contributed by atoms with E-state index >= 15 is 0 Å². The van der Waals surface area contributed by atoms with Gasteiger partial charge in [0, 0.05) is 11.7 Å². The molecule has 0 unspecified atom stereocenters. The molecule has 0 aromatic heterocycles. The molecule has 3 aliphatic rings. The first-order valence-electron chi connectivity index (χ1n) is 9.43. The Morgan fingerprint density at radius 3 is 2.42 bits per heavy atom. The Balaban J connectivity index is 1.57. The Morgan fingerprint density at radius 1 is 1.12 bits per heavy atom. The number of carbonyl (C=O) groups excluding carboxylic acids is 3. The van der Waals surface area contributed by atoms with Gasteiger partial charge in [0.2, 0.25) is 17.7 Å². The van der Waals surface area contributed by atoms with E-state index in [1.807, 2.05) is 6.92 Å². The van der Waals surface area contributed by atoms with E-state index in [2.05, 4.69) is 0 Å². The van der Waals surface area contributed by atoms with Gasteiger partial charge >= 0.3 is 0 Å². The number of nitrogens with zero attached hydrogens (tertiary/aromatic N) is 2. The zero-order chi connectivity index (χ0) is 18.4. The summed E-state index contributed by atoms with van der Waals surface area (Å²) in [5.41, 5.74) is 1.48. The monoisotopic (exact) mass is 358 g/mol. The average molecular weight is 358 g/mol. The average Bonchev–Trinajstić information content (AvgIpc) is 2.87. The summed E-state index contributed by atoms with van der Waals surface area (Å²) in [6, 6.07) is 4.38. The number of amides is 3. The third-order valence-corrected chi connectivity index (χ3v) is 6.07. The molecule has 1 aromatic rings. The van der Waals surface area contributed by atoms with Gasteiger partial charge in [-0.25, -0.2) is 4.39 Å². The minimum atomic E-state index is -0.320. The van der Waals surface area contributed by atoms with Crippen molar-refractivity contribution in [2.24, 2.45) is 11.8 Å². The number of anilines is 1.